The van der Waals surface area contributed by atoms with Crippen molar-refractivity contribution in [2.24, 2.45) is 0 Å². The van der Waals surface area contributed by atoms with E-state index < -0.39 is 20.0 Å². The molecule has 0 aliphatic heterocycles. The van der Waals surface area contributed by atoms with Crippen LogP contribution in [0.3, 0.4) is 0 Å². The largest absolute Gasteiger partial charge is 0.280 e. The summed E-state index contributed by atoms with van der Waals surface area (Å²) in [7, 11) is -7.52. The van der Waals surface area contributed by atoms with Gasteiger partial charge in [-0.2, -0.15) is 0 Å². The number of anilines is 1. The second-order valence-electron chi connectivity index (χ2n) is 8.26. The molecule has 2 aromatic rings. The van der Waals surface area contributed by atoms with E-state index in [9.17, 15) is 16.8 Å². The number of nitrogens with one attached hydrogen (secondary N) is 2. The van der Waals surface area contributed by atoms with Crippen LogP contribution in [0.4, 0.5) is 5.69 Å². The molecule has 0 saturated heterocycles. The van der Waals surface area contributed by atoms with Gasteiger partial charge in [0.2, 0.25) is 10.0 Å². The molecule has 1 aliphatic carbocycles. The fourth-order valence-electron chi connectivity index (χ4n) is 2.78. The fourth-order valence-corrected chi connectivity index (χ4v) is 5.45. The molecule has 0 amide bonds. The van der Waals surface area contributed by atoms with Crippen LogP contribution in [0, 0.1) is 6.92 Å². The molecule has 28 heavy (non-hydrogen) atoms. The van der Waals surface area contributed by atoms with E-state index >= 15 is 0 Å². The molecule has 0 atom stereocenters. The molecule has 8 heteroatoms. The number of sulfonamides is 2. The zero-order chi connectivity index (χ0) is 20.7. The summed E-state index contributed by atoms with van der Waals surface area (Å²) in [6.07, 6.45) is 1.66. The smallest absolute Gasteiger partial charge is 0.262 e. The fraction of sp³-hybridized carbons (Fsp3) is 0.400. The van der Waals surface area contributed by atoms with E-state index in [1.54, 1.807) is 19.1 Å². The summed E-state index contributed by atoms with van der Waals surface area (Å²) in [6.45, 7) is 7.79. The van der Waals surface area contributed by atoms with E-state index in [-0.39, 0.29) is 26.9 Å². The average molecular weight is 423 g/mol. The van der Waals surface area contributed by atoms with Gasteiger partial charge in [0, 0.05) is 6.04 Å². The summed E-state index contributed by atoms with van der Waals surface area (Å²) in [5.74, 6) is 0. The molecule has 0 unspecified atom stereocenters. The first-order chi connectivity index (χ1) is 12.9. The van der Waals surface area contributed by atoms with Gasteiger partial charge < -0.3 is 0 Å². The first kappa shape index (κ1) is 20.8. The predicted octanol–water partition coefficient (Wildman–Crippen LogP) is 3.53. The molecule has 1 saturated carbocycles. The van der Waals surface area contributed by atoms with E-state index in [4.69, 9.17) is 0 Å². The van der Waals surface area contributed by atoms with Crippen LogP contribution in [0.25, 0.3) is 0 Å². The molecule has 3 rings (SSSR count). The predicted molar refractivity (Wildman–Crippen MR) is 110 cm³/mol. The highest BCUT2D eigenvalue weighted by Gasteiger charge is 2.28. The maximum Gasteiger partial charge on any atom is 0.262 e. The minimum atomic E-state index is -3.86. The van der Waals surface area contributed by atoms with Crippen LogP contribution in [-0.2, 0) is 25.5 Å². The van der Waals surface area contributed by atoms with Gasteiger partial charge in [0.25, 0.3) is 10.0 Å². The van der Waals surface area contributed by atoms with Crippen molar-refractivity contribution in [3.05, 3.63) is 53.6 Å². The molecule has 0 aromatic heterocycles. The quantitative estimate of drug-likeness (QED) is 0.745. The minimum absolute atomic E-state index is 0.0202. The maximum absolute atomic E-state index is 13.0. The number of benzene rings is 2. The highest BCUT2D eigenvalue weighted by molar-refractivity contribution is 7.92. The van der Waals surface area contributed by atoms with Crippen molar-refractivity contribution in [2.45, 2.75) is 61.8 Å². The lowest BCUT2D eigenvalue weighted by molar-refractivity contribution is 0.580. The van der Waals surface area contributed by atoms with E-state index in [0.717, 1.165) is 18.4 Å². The van der Waals surface area contributed by atoms with E-state index in [1.807, 2.05) is 26.8 Å². The molecule has 152 valence electrons. The summed E-state index contributed by atoms with van der Waals surface area (Å²) in [5.41, 5.74) is 1.54. The third-order valence-electron chi connectivity index (χ3n) is 4.64. The zero-order valence-electron chi connectivity index (χ0n) is 16.5. The molecule has 0 heterocycles. The first-order valence-corrected chi connectivity index (χ1v) is 12.1. The topological polar surface area (TPSA) is 92.3 Å². The Kier molecular flexibility index (Phi) is 5.33. The standard InChI is InChI=1S/C20H26N2O4S2/c1-14-8-9-15(20(2,3)4)12-19(14)28(25,26)22-17-6-5-7-18(13-17)27(23,24)21-16-10-11-16/h5-9,12-13,16,21-22H,10-11H2,1-4H3. The van der Waals surface area contributed by atoms with Crippen LogP contribution >= 0.6 is 0 Å². The van der Waals surface area contributed by atoms with Gasteiger partial charge in [-0.3, -0.25) is 4.72 Å². The van der Waals surface area contributed by atoms with Gasteiger partial charge in [-0.05, 0) is 60.6 Å². The van der Waals surface area contributed by atoms with Crippen LogP contribution < -0.4 is 9.44 Å². The summed E-state index contributed by atoms with van der Waals surface area (Å²) in [5, 5.41) is 0. The molecule has 1 aliphatic rings. The lowest BCUT2D eigenvalue weighted by Crippen LogP contribution is -2.25. The molecular weight excluding hydrogens is 396 g/mol. The van der Waals surface area contributed by atoms with Crippen molar-refractivity contribution in [1.82, 2.24) is 4.72 Å². The van der Waals surface area contributed by atoms with E-state index in [0.29, 0.717) is 5.56 Å². The van der Waals surface area contributed by atoms with Crippen LogP contribution in [0.1, 0.15) is 44.7 Å². The molecule has 0 radical (unpaired) electrons. The van der Waals surface area contributed by atoms with Crippen molar-refractivity contribution >= 4 is 25.7 Å². The minimum Gasteiger partial charge on any atom is -0.280 e. The Balaban J connectivity index is 1.92. The molecule has 2 N–H and O–H groups in total. The Bertz CT molecular complexity index is 1100. The van der Waals surface area contributed by atoms with Crippen LogP contribution in [0.15, 0.2) is 52.3 Å². The zero-order valence-corrected chi connectivity index (χ0v) is 18.1. The molecule has 0 spiro atoms. The highest BCUT2D eigenvalue weighted by atomic mass is 32.2. The van der Waals surface area contributed by atoms with Gasteiger partial charge in [0.05, 0.1) is 15.5 Å². The second kappa shape index (κ2) is 7.17. The molecule has 0 bridgehead atoms. The Morgan fingerprint density at radius 1 is 0.929 bits per heavy atom. The van der Waals surface area contributed by atoms with Crippen LogP contribution in [0.2, 0.25) is 0 Å². The third kappa shape index (κ3) is 4.74. The van der Waals surface area contributed by atoms with Crippen molar-refractivity contribution in [3.63, 3.8) is 0 Å². The number of rotatable bonds is 6. The van der Waals surface area contributed by atoms with Crippen molar-refractivity contribution in [1.29, 1.82) is 0 Å². The molecular formula is C20H26N2O4S2. The van der Waals surface area contributed by atoms with Crippen molar-refractivity contribution in [2.75, 3.05) is 4.72 Å². The molecule has 2 aromatic carbocycles. The summed E-state index contributed by atoms with van der Waals surface area (Å²) >= 11 is 0. The Hall–Kier alpha value is -1.90. The van der Waals surface area contributed by atoms with Gasteiger partial charge in [0.15, 0.2) is 0 Å². The first-order valence-electron chi connectivity index (χ1n) is 9.15. The van der Waals surface area contributed by atoms with Gasteiger partial charge in [-0.15, -0.1) is 0 Å². The Labute approximate surface area is 167 Å². The van der Waals surface area contributed by atoms with Crippen LogP contribution in [-0.4, -0.2) is 22.9 Å². The summed E-state index contributed by atoms with van der Waals surface area (Å²) in [4.78, 5) is 0.226. The van der Waals surface area contributed by atoms with E-state index in [2.05, 4.69) is 9.44 Å². The maximum atomic E-state index is 13.0. The van der Waals surface area contributed by atoms with Crippen molar-refractivity contribution in [3.8, 4) is 0 Å². The summed E-state index contributed by atoms with van der Waals surface area (Å²) in [6, 6.07) is 11.2. The number of hydrogen-bond donors (Lipinski definition) is 2. The number of hydrogen-bond acceptors (Lipinski definition) is 4. The summed E-state index contributed by atoms with van der Waals surface area (Å²) < 4.78 is 55.8. The lowest BCUT2D eigenvalue weighted by atomic mass is 9.87. The van der Waals surface area contributed by atoms with Gasteiger partial charge >= 0.3 is 0 Å². The monoisotopic (exact) mass is 422 g/mol. The Morgan fingerprint density at radius 3 is 2.21 bits per heavy atom. The van der Waals surface area contributed by atoms with E-state index in [1.165, 1.54) is 24.3 Å². The highest BCUT2D eigenvalue weighted by Crippen LogP contribution is 2.28. The van der Waals surface area contributed by atoms with Gasteiger partial charge in [-0.25, -0.2) is 21.6 Å². The molecule has 6 nitrogen and oxygen atoms in total. The SMILES string of the molecule is Cc1ccc(C(C)(C)C)cc1S(=O)(=O)Nc1cccc(S(=O)(=O)NC2CC2)c1. The lowest BCUT2D eigenvalue weighted by Gasteiger charge is -2.21. The Morgan fingerprint density at radius 2 is 1.61 bits per heavy atom. The van der Waals surface area contributed by atoms with Gasteiger partial charge in [0.1, 0.15) is 0 Å². The normalized spacial score (nSPS) is 15.4. The van der Waals surface area contributed by atoms with Crippen LogP contribution in [0.5, 0.6) is 0 Å². The average Bonchev–Trinajstić information content (AvgIpc) is 3.37. The molecule has 1 fully saturated rings. The third-order valence-corrected chi connectivity index (χ3v) is 7.68. The van der Waals surface area contributed by atoms with Gasteiger partial charge in [-0.1, -0.05) is 39.0 Å². The number of aryl methyl sites for hydroxylation is 1. The second-order valence-corrected chi connectivity index (χ2v) is 11.6. The van der Waals surface area contributed by atoms with Crippen molar-refractivity contribution < 1.29 is 16.8 Å².